The summed E-state index contributed by atoms with van der Waals surface area (Å²) in [5.74, 6) is -2.01. The van der Waals surface area contributed by atoms with E-state index in [9.17, 15) is 33.6 Å². The van der Waals surface area contributed by atoms with Crippen LogP contribution in [0.2, 0.25) is 0 Å². The molecule has 2 N–H and O–H groups in total. The number of carbonyl (C=O) groups is 7. The normalized spacial score (nSPS) is 13.9. The second-order valence-electron chi connectivity index (χ2n) is 12.3. The third-order valence-electron chi connectivity index (χ3n) is 7.75. The van der Waals surface area contributed by atoms with Gasteiger partial charge in [-0.1, -0.05) is 6.92 Å². The van der Waals surface area contributed by atoms with Crippen LogP contribution in [-0.4, -0.2) is 154 Å². The lowest BCUT2D eigenvalue weighted by Gasteiger charge is -2.15. The van der Waals surface area contributed by atoms with Crippen LogP contribution in [-0.2, 0) is 63.7 Å². The summed E-state index contributed by atoms with van der Waals surface area (Å²) in [7, 11) is 0. The van der Waals surface area contributed by atoms with Gasteiger partial charge in [0.05, 0.1) is 62.8 Å². The third kappa shape index (κ3) is 16.3. The number of rotatable bonds is 29. The first kappa shape index (κ1) is 45.8. The van der Waals surface area contributed by atoms with E-state index in [1.807, 2.05) is 6.92 Å². The van der Waals surface area contributed by atoms with Crippen LogP contribution in [0.1, 0.15) is 44.0 Å². The van der Waals surface area contributed by atoms with Gasteiger partial charge in [0, 0.05) is 36.6 Å². The average Bonchev–Trinajstić information content (AvgIpc) is 3.66. The monoisotopic (exact) mass is 808 g/mol. The van der Waals surface area contributed by atoms with E-state index in [-0.39, 0.29) is 133 Å². The van der Waals surface area contributed by atoms with Gasteiger partial charge in [-0.05, 0) is 38.5 Å². The SMILES string of the molecule is CCCNC(=O)COCCOCCOC(=O)Cn1cc(C(=O)OCCOCCOCC(=O)NCC)c2cc(OCCN3C(=O)CC(SCC(C)=O)C3=O)ccc21. The molecule has 3 rings (SSSR count). The van der Waals surface area contributed by atoms with E-state index in [1.165, 1.54) is 13.1 Å². The lowest BCUT2D eigenvalue weighted by atomic mass is 10.1. The lowest BCUT2D eigenvalue weighted by Crippen LogP contribution is -2.35. The van der Waals surface area contributed by atoms with Crippen LogP contribution >= 0.6 is 11.8 Å². The summed E-state index contributed by atoms with van der Waals surface area (Å²) in [6, 6.07) is 4.88. The van der Waals surface area contributed by atoms with Crippen molar-refractivity contribution in [2.75, 3.05) is 98.1 Å². The zero-order chi connectivity index (χ0) is 40.7. The van der Waals surface area contributed by atoms with E-state index < -0.39 is 17.2 Å². The number of hydrogen-bond donors (Lipinski definition) is 2. The Balaban J connectivity index is 1.56. The molecular weight excluding hydrogens is 756 g/mol. The van der Waals surface area contributed by atoms with E-state index in [0.717, 1.165) is 23.1 Å². The Morgan fingerprint density at radius 1 is 0.821 bits per heavy atom. The van der Waals surface area contributed by atoms with Crippen LogP contribution < -0.4 is 15.4 Å². The topological polar surface area (TPSA) is 216 Å². The minimum Gasteiger partial charge on any atom is -0.492 e. The van der Waals surface area contributed by atoms with Gasteiger partial charge in [0.25, 0.3) is 0 Å². The first-order chi connectivity index (χ1) is 27.0. The highest BCUT2D eigenvalue weighted by atomic mass is 32.2. The fraction of sp³-hybridized carbons (Fsp3) is 0.595. The van der Waals surface area contributed by atoms with E-state index in [4.69, 9.17) is 33.2 Å². The van der Waals surface area contributed by atoms with Gasteiger partial charge < -0.3 is 48.4 Å². The van der Waals surface area contributed by atoms with Crippen molar-refractivity contribution < 1.29 is 66.7 Å². The minimum absolute atomic E-state index is 0.00148. The molecule has 1 aliphatic rings. The largest absolute Gasteiger partial charge is 0.492 e. The molecule has 1 aromatic carbocycles. The quantitative estimate of drug-likeness (QED) is 0.0663. The number of nitrogens with one attached hydrogen (secondary N) is 2. The van der Waals surface area contributed by atoms with Crippen molar-refractivity contribution in [3.05, 3.63) is 30.0 Å². The summed E-state index contributed by atoms with van der Waals surface area (Å²) in [4.78, 5) is 86.7. The highest BCUT2D eigenvalue weighted by molar-refractivity contribution is 8.01. The van der Waals surface area contributed by atoms with Gasteiger partial charge in [0.2, 0.25) is 23.6 Å². The number of thioether (sulfide) groups is 1. The highest BCUT2D eigenvalue weighted by Gasteiger charge is 2.38. The van der Waals surface area contributed by atoms with Gasteiger partial charge in [-0.3, -0.25) is 33.7 Å². The van der Waals surface area contributed by atoms with Crippen LogP contribution in [0.5, 0.6) is 5.75 Å². The van der Waals surface area contributed by atoms with Gasteiger partial charge in [-0.15, -0.1) is 11.8 Å². The summed E-state index contributed by atoms with van der Waals surface area (Å²) in [5.41, 5.74) is 0.652. The average molecular weight is 809 g/mol. The highest BCUT2D eigenvalue weighted by Crippen LogP contribution is 2.28. The molecule has 1 fully saturated rings. The fourth-order valence-corrected chi connectivity index (χ4v) is 6.12. The number of ketones is 1. The molecule has 1 aromatic heterocycles. The summed E-state index contributed by atoms with van der Waals surface area (Å²) in [6.45, 7) is 6.68. The number of aromatic nitrogens is 1. The van der Waals surface area contributed by atoms with Crippen molar-refractivity contribution >= 4 is 64.0 Å². The number of esters is 2. The van der Waals surface area contributed by atoms with Crippen LogP contribution in [0.4, 0.5) is 0 Å². The van der Waals surface area contributed by atoms with E-state index in [2.05, 4.69) is 10.6 Å². The number of likely N-dealkylation sites (N-methyl/N-ethyl adjacent to an activating group) is 1. The van der Waals surface area contributed by atoms with Crippen molar-refractivity contribution in [2.45, 2.75) is 45.4 Å². The predicted molar refractivity (Wildman–Crippen MR) is 202 cm³/mol. The molecule has 1 saturated heterocycles. The molecule has 19 heteroatoms. The molecule has 0 saturated carbocycles. The Morgan fingerprint density at radius 3 is 2.12 bits per heavy atom. The van der Waals surface area contributed by atoms with Crippen molar-refractivity contribution in [1.82, 2.24) is 20.1 Å². The van der Waals surface area contributed by atoms with Gasteiger partial charge in [-0.2, -0.15) is 0 Å². The number of fused-ring (bicyclic) bond motifs is 1. The van der Waals surface area contributed by atoms with Gasteiger partial charge >= 0.3 is 11.9 Å². The summed E-state index contributed by atoms with van der Waals surface area (Å²) in [6.07, 6.45) is 2.32. The van der Waals surface area contributed by atoms with Gasteiger partial charge in [-0.25, -0.2) is 4.79 Å². The molecule has 0 spiro atoms. The van der Waals surface area contributed by atoms with Crippen LogP contribution in [0, 0.1) is 0 Å². The summed E-state index contributed by atoms with van der Waals surface area (Å²) >= 11 is 1.14. The Labute approximate surface area is 329 Å². The Morgan fingerprint density at radius 2 is 1.46 bits per heavy atom. The number of benzene rings is 1. The number of imide groups is 1. The molecule has 1 unspecified atom stereocenters. The molecule has 1 atom stereocenters. The number of amides is 4. The maximum absolute atomic E-state index is 13.3. The van der Waals surface area contributed by atoms with Crippen molar-refractivity contribution in [1.29, 1.82) is 0 Å². The molecule has 1 aliphatic heterocycles. The first-order valence-electron chi connectivity index (χ1n) is 18.4. The summed E-state index contributed by atoms with van der Waals surface area (Å²) in [5, 5.41) is 5.13. The smallest absolute Gasteiger partial charge is 0.340 e. The number of likely N-dealkylation sites (tertiary alicyclic amines) is 1. The number of ether oxygens (including phenoxy) is 7. The molecule has 0 radical (unpaired) electrons. The van der Waals surface area contributed by atoms with Crippen LogP contribution in [0.3, 0.4) is 0 Å². The van der Waals surface area contributed by atoms with E-state index in [1.54, 1.807) is 29.7 Å². The Kier molecular flexibility index (Phi) is 20.9. The molecule has 56 heavy (non-hydrogen) atoms. The van der Waals surface area contributed by atoms with Gasteiger partial charge in [0.1, 0.15) is 51.1 Å². The van der Waals surface area contributed by atoms with E-state index >= 15 is 0 Å². The second-order valence-corrected chi connectivity index (χ2v) is 13.5. The Hall–Kier alpha value is -4.56. The number of Topliss-reactive ketones (excluding diaryl/α,β-unsaturated/α-hetero) is 1. The number of carbonyl (C=O) groups excluding carboxylic acids is 7. The van der Waals surface area contributed by atoms with Gasteiger partial charge in [0.15, 0.2) is 0 Å². The van der Waals surface area contributed by atoms with Crippen molar-refractivity contribution in [3.8, 4) is 5.75 Å². The third-order valence-corrected chi connectivity index (χ3v) is 9.10. The molecule has 0 aliphatic carbocycles. The fourth-order valence-electron chi connectivity index (χ4n) is 5.15. The predicted octanol–water partition coefficient (Wildman–Crippen LogP) is 0.899. The first-order valence-corrected chi connectivity index (χ1v) is 19.5. The maximum atomic E-state index is 13.3. The van der Waals surface area contributed by atoms with Crippen LogP contribution in [0.25, 0.3) is 10.9 Å². The molecule has 2 aromatic rings. The molecule has 2 heterocycles. The standard InChI is InChI=1S/C37H52N4O14S/c1-4-8-39-33(44)24-52-14-11-49-15-17-54-35(46)22-40-21-29(37(48)55-18-16-50-12-13-51-23-32(43)38-5-2)28-19-27(6-7-30(28)40)53-10-9-41-34(45)20-31(36(41)47)56-25-26(3)42/h6-7,19,21,31H,4-5,8-18,20,22-25H2,1-3H3,(H,38,43)(H,39,44). The molecule has 310 valence electrons. The van der Waals surface area contributed by atoms with Crippen LogP contribution in [0.15, 0.2) is 24.4 Å². The molecule has 18 nitrogen and oxygen atoms in total. The zero-order valence-electron chi connectivity index (χ0n) is 32.1. The minimum atomic E-state index is -0.684. The molecule has 0 bridgehead atoms. The molecule has 4 amide bonds. The lowest BCUT2D eigenvalue weighted by molar-refractivity contribution is -0.146. The number of hydrogen-bond acceptors (Lipinski definition) is 15. The summed E-state index contributed by atoms with van der Waals surface area (Å²) < 4.78 is 39.5. The number of nitrogens with zero attached hydrogens (tertiary/aromatic N) is 2. The Bertz CT molecular complexity index is 1630. The van der Waals surface area contributed by atoms with E-state index in [0.29, 0.717) is 29.7 Å². The zero-order valence-corrected chi connectivity index (χ0v) is 32.9. The molecular formula is C37H52N4O14S. The maximum Gasteiger partial charge on any atom is 0.340 e. The van der Waals surface area contributed by atoms with Crippen molar-refractivity contribution in [2.24, 2.45) is 0 Å². The second kappa shape index (κ2) is 25.6. The van der Waals surface area contributed by atoms with Crippen molar-refractivity contribution in [3.63, 3.8) is 0 Å².